The molecule has 0 fully saturated rings. The molecule has 1 aromatic carbocycles. The summed E-state index contributed by atoms with van der Waals surface area (Å²) in [4.78, 5) is 4.10. The normalized spacial score (nSPS) is 10.3. The van der Waals surface area contributed by atoms with Gasteiger partial charge in [-0.05, 0) is 29.2 Å². The van der Waals surface area contributed by atoms with E-state index in [0.717, 1.165) is 15.7 Å². The molecule has 0 saturated carbocycles. The van der Waals surface area contributed by atoms with Gasteiger partial charge in [-0.15, -0.1) is 0 Å². The van der Waals surface area contributed by atoms with Gasteiger partial charge in [-0.1, -0.05) is 17.8 Å². The Bertz CT molecular complexity index is 542. The second-order valence-corrected chi connectivity index (χ2v) is 5.45. The number of nitrogen functional groups attached to an aromatic ring is 1. The molecule has 0 bridgehead atoms. The molecule has 0 aliphatic carbocycles. The third-order valence-electron chi connectivity index (χ3n) is 2.26. The number of rotatable bonds is 5. The molecule has 5 nitrogen and oxygen atoms in total. The number of hydrogen-bond donors (Lipinski definition) is 2. The minimum absolute atomic E-state index is 0.00890. The Labute approximate surface area is 113 Å². The second kappa shape index (κ2) is 5.83. The minimum Gasteiger partial charge on any atom is -0.496 e. The lowest BCUT2D eigenvalue weighted by Crippen LogP contribution is -2.12. The fourth-order valence-corrected chi connectivity index (χ4v) is 2.81. The first kappa shape index (κ1) is 12.8. The fraction of sp³-hybridized carbons (Fsp3) is 0.182. The Balaban J connectivity index is 2.14. The number of ether oxygens (including phenoxy) is 1. The van der Waals surface area contributed by atoms with E-state index in [0.29, 0.717) is 11.3 Å². The van der Waals surface area contributed by atoms with E-state index in [1.807, 2.05) is 18.2 Å². The Morgan fingerprint density at radius 3 is 3.00 bits per heavy atom. The monoisotopic (exact) mass is 280 g/mol. The highest BCUT2D eigenvalue weighted by atomic mass is 32.2. The van der Waals surface area contributed by atoms with Crippen molar-refractivity contribution in [3.8, 4) is 5.75 Å². The molecule has 0 amide bonds. The van der Waals surface area contributed by atoms with Gasteiger partial charge in [0.15, 0.2) is 4.34 Å². The van der Waals surface area contributed by atoms with Gasteiger partial charge < -0.3 is 10.5 Å². The fourth-order valence-electron chi connectivity index (χ4n) is 1.43. The molecule has 0 unspecified atom stereocenters. The number of nitrogens with one attached hydrogen (secondary N) is 1. The SMILES string of the molecule is COc1ccc(CSc2ncns2)cc1C(=N)N. The summed E-state index contributed by atoms with van der Waals surface area (Å²) in [6, 6.07) is 5.65. The molecule has 18 heavy (non-hydrogen) atoms. The summed E-state index contributed by atoms with van der Waals surface area (Å²) >= 11 is 2.98. The maximum atomic E-state index is 7.52. The number of thioether (sulfide) groups is 1. The Morgan fingerprint density at radius 1 is 1.56 bits per heavy atom. The summed E-state index contributed by atoms with van der Waals surface area (Å²) in [7, 11) is 1.57. The van der Waals surface area contributed by atoms with Crippen molar-refractivity contribution in [2.75, 3.05) is 7.11 Å². The van der Waals surface area contributed by atoms with E-state index in [4.69, 9.17) is 15.9 Å². The van der Waals surface area contributed by atoms with Crippen molar-refractivity contribution in [2.24, 2.45) is 5.73 Å². The highest BCUT2D eigenvalue weighted by Crippen LogP contribution is 2.26. The molecule has 0 atom stereocenters. The van der Waals surface area contributed by atoms with Gasteiger partial charge in [-0.25, -0.2) is 4.98 Å². The van der Waals surface area contributed by atoms with Crippen molar-refractivity contribution in [3.63, 3.8) is 0 Å². The van der Waals surface area contributed by atoms with Crippen molar-refractivity contribution < 1.29 is 4.74 Å². The lowest BCUT2D eigenvalue weighted by molar-refractivity contribution is 0.413. The highest BCUT2D eigenvalue weighted by molar-refractivity contribution is 8.00. The lowest BCUT2D eigenvalue weighted by atomic mass is 10.1. The van der Waals surface area contributed by atoms with Gasteiger partial charge in [-0.3, -0.25) is 5.41 Å². The van der Waals surface area contributed by atoms with Gasteiger partial charge in [0, 0.05) is 5.75 Å². The predicted molar refractivity (Wildman–Crippen MR) is 73.5 cm³/mol. The van der Waals surface area contributed by atoms with E-state index in [1.165, 1.54) is 11.5 Å². The Hall–Kier alpha value is -1.60. The summed E-state index contributed by atoms with van der Waals surface area (Å²) in [5.41, 5.74) is 7.21. The Morgan fingerprint density at radius 2 is 2.39 bits per heavy atom. The quantitative estimate of drug-likeness (QED) is 0.498. The van der Waals surface area contributed by atoms with Crippen LogP contribution in [0.1, 0.15) is 11.1 Å². The van der Waals surface area contributed by atoms with E-state index in [2.05, 4.69) is 9.36 Å². The van der Waals surface area contributed by atoms with Crippen LogP contribution in [0.25, 0.3) is 0 Å². The maximum absolute atomic E-state index is 7.52. The average Bonchev–Trinajstić information content (AvgIpc) is 2.89. The second-order valence-electron chi connectivity index (χ2n) is 3.44. The van der Waals surface area contributed by atoms with E-state index < -0.39 is 0 Å². The lowest BCUT2D eigenvalue weighted by Gasteiger charge is -2.08. The van der Waals surface area contributed by atoms with Crippen LogP contribution in [-0.2, 0) is 5.75 Å². The van der Waals surface area contributed by atoms with Crippen molar-refractivity contribution in [1.29, 1.82) is 5.41 Å². The van der Waals surface area contributed by atoms with Gasteiger partial charge in [-0.2, -0.15) is 4.37 Å². The summed E-state index contributed by atoms with van der Waals surface area (Å²) in [5.74, 6) is 1.39. The molecular weight excluding hydrogens is 268 g/mol. The molecule has 0 saturated heterocycles. The molecule has 0 radical (unpaired) electrons. The summed E-state index contributed by atoms with van der Waals surface area (Å²) in [5, 5.41) is 7.52. The van der Waals surface area contributed by atoms with E-state index in [-0.39, 0.29) is 5.84 Å². The third kappa shape index (κ3) is 2.99. The smallest absolute Gasteiger partial charge is 0.170 e. The molecule has 0 aliphatic rings. The molecule has 2 rings (SSSR count). The number of nitrogens with zero attached hydrogens (tertiary/aromatic N) is 2. The van der Waals surface area contributed by atoms with Crippen LogP contribution in [0.2, 0.25) is 0 Å². The van der Waals surface area contributed by atoms with Crippen LogP contribution in [0.3, 0.4) is 0 Å². The summed E-state index contributed by atoms with van der Waals surface area (Å²) < 4.78 is 10.0. The first-order valence-corrected chi connectivity index (χ1v) is 6.87. The summed E-state index contributed by atoms with van der Waals surface area (Å²) in [6.45, 7) is 0. The number of benzene rings is 1. The number of nitrogens with two attached hydrogens (primary N) is 1. The van der Waals surface area contributed by atoms with Gasteiger partial charge in [0.2, 0.25) is 0 Å². The number of amidine groups is 1. The average molecular weight is 280 g/mol. The molecule has 7 heteroatoms. The van der Waals surface area contributed by atoms with Crippen LogP contribution in [0.5, 0.6) is 5.75 Å². The van der Waals surface area contributed by atoms with Crippen LogP contribution in [-0.4, -0.2) is 22.3 Å². The Kier molecular flexibility index (Phi) is 4.16. The number of hydrogen-bond acceptors (Lipinski definition) is 6. The molecule has 0 aliphatic heterocycles. The summed E-state index contributed by atoms with van der Waals surface area (Å²) in [6.07, 6.45) is 1.54. The molecule has 1 heterocycles. The predicted octanol–water partition coefficient (Wildman–Crippen LogP) is 2.12. The first-order chi connectivity index (χ1) is 8.70. The highest BCUT2D eigenvalue weighted by Gasteiger charge is 2.08. The van der Waals surface area contributed by atoms with Crippen LogP contribution < -0.4 is 10.5 Å². The topological polar surface area (TPSA) is 84.9 Å². The molecule has 1 aromatic heterocycles. The molecule has 0 spiro atoms. The van der Waals surface area contributed by atoms with Gasteiger partial charge >= 0.3 is 0 Å². The van der Waals surface area contributed by atoms with E-state index >= 15 is 0 Å². The van der Waals surface area contributed by atoms with Gasteiger partial charge in [0.1, 0.15) is 17.9 Å². The maximum Gasteiger partial charge on any atom is 0.170 e. The standard InChI is InChI=1S/C11H12N4OS2/c1-16-9-3-2-7(4-8(9)10(12)13)5-17-11-14-6-15-18-11/h2-4,6H,5H2,1H3,(H3,12,13). The zero-order valence-electron chi connectivity index (χ0n) is 9.71. The van der Waals surface area contributed by atoms with Crippen LogP contribution in [0, 0.1) is 5.41 Å². The van der Waals surface area contributed by atoms with Crippen molar-refractivity contribution in [2.45, 2.75) is 10.1 Å². The molecule has 94 valence electrons. The molecule has 2 aromatic rings. The van der Waals surface area contributed by atoms with Crippen LogP contribution in [0.15, 0.2) is 28.9 Å². The third-order valence-corrected chi connectivity index (χ3v) is 4.13. The van der Waals surface area contributed by atoms with Crippen LogP contribution in [0.4, 0.5) is 0 Å². The van der Waals surface area contributed by atoms with E-state index in [1.54, 1.807) is 25.2 Å². The number of methoxy groups -OCH3 is 1. The van der Waals surface area contributed by atoms with Gasteiger partial charge in [0.25, 0.3) is 0 Å². The first-order valence-electron chi connectivity index (χ1n) is 5.11. The molecule has 3 N–H and O–H groups in total. The van der Waals surface area contributed by atoms with Crippen LogP contribution >= 0.6 is 23.3 Å². The van der Waals surface area contributed by atoms with Crippen molar-refractivity contribution in [3.05, 3.63) is 35.7 Å². The largest absolute Gasteiger partial charge is 0.496 e. The minimum atomic E-state index is 0.00890. The van der Waals surface area contributed by atoms with Crippen molar-refractivity contribution >= 4 is 29.1 Å². The molecular formula is C11H12N4OS2. The number of aromatic nitrogens is 2. The van der Waals surface area contributed by atoms with Crippen molar-refractivity contribution in [1.82, 2.24) is 9.36 Å². The van der Waals surface area contributed by atoms with Gasteiger partial charge in [0.05, 0.1) is 12.7 Å². The zero-order valence-corrected chi connectivity index (χ0v) is 11.3. The zero-order chi connectivity index (χ0) is 13.0. The van der Waals surface area contributed by atoms with E-state index in [9.17, 15) is 0 Å².